The molecule has 14 heavy (non-hydrogen) atoms. The molecule has 0 aliphatic carbocycles. The normalized spacial score (nSPS) is 32.9. The van der Waals surface area contributed by atoms with Crippen LogP contribution in [0.5, 0.6) is 0 Å². The Morgan fingerprint density at radius 3 is 3.00 bits per heavy atom. The lowest BCUT2D eigenvalue weighted by atomic mass is 10.3. The van der Waals surface area contributed by atoms with Crippen LogP contribution < -0.4 is 5.32 Å². The van der Waals surface area contributed by atoms with E-state index in [4.69, 9.17) is 14.2 Å². The molecule has 2 atom stereocenters. The average molecular weight is 201 g/mol. The third kappa shape index (κ3) is 2.43. The summed E-state index contributed by atoms with van der Waals surface area (Å²) in [5.41, 5.74) is 0. The van der Waals surface area contributed by atoms with E-state index < -0.39 is 6.10 Å². The van der Waals surface area contributed by atoms with Gasteiger partial charge < -0.3 is 19.5 Å². The number of rotatable bonds is 2. The largest absolute Gasteiger partial charge is 0.458 e. The van der Waals surface area contributed by atoms with Gasteiger partial charge in [0.2, 0.25) is 0 Å². The maximum Gasteiger partial charge on any atom is 0.336 e. The number of nitrogens with one attached hydrogen (secondary N) is 1. The summed E-state index contributed by atoms with van der Waals surface area (Å²) in [5.74, 6) is -0.271. The van der Waals surface area contributed by atoms with Crippen molar-refractivity contribution in [3.05, 3.63) is 0 Å². The molecule has 2 unspecified atom stereocenters. The Morgan fingerprint density at radius 2 is 2.36 bits per heavy atom. The Labute approximate surface area is 82.7 Å². The van der Waals surface area contributed by atoms with Crippen molar-refractivity contribution in [3.63, 3.8) is 0 Å². The Hall–Kier alpha value is -0.650. The molecule has 0 spiro atoms. The average Bonchev–Trinajstić information content (AvgIpc) is 2.72. The Morgan fingerprint density at radius 1 is 1.43 bits per heavy atom. The predicted molar refractivity (Wildman–Crippen MR) is 47.9 cm³/mol. The summed E-state index contributed by atoms with van der Waals surface area (Å²) < 4.78 is 15.6. The van der Waals surface area contributed by atoms with E-state index in [0.29, 0.717) is 26.4 Å². The molecule has 2 aliphatic heterocycles. The Balaban J connectivity index is 1.75. The molecule has 2 heterocycles. The molecule has 5 nitrogen and oxygen atoms in total. The van der Waals surface area contributed by atoms with E-state index >= 15 is 0 Å². The molecule has 0 aromatic heterocycles. The zero-order valence-corrected chi connectivity index (χ0v) is 8.03. The molecule has 0 aromatic rings. The van der Waals surface area contributed by atoms with Crippen LogP contribution in [0.2, 0.25) is 0 Å². The van der Waals surface area contributed by atoms with Crippen LogP contribution in [0.25, 0.3) is 0 Å². The summed E-state index contributed by atoms with van der Waals surface area (Å²) in [6.45, 7) is 3.12. The zero-order chi connectivity index (χ0) is 9.80. The fourth-order valence-electron chi connectivity index (χ4n) is 1.56. The molecule has 0 amide bonds. The van der Waals surface area contributed by atoms with Crippen LogP contribution in [0, 0.1) is 0 Å². The van der Waals surface area contributed by atoms with Gasteiger partial charge in [-0.1, -0.05) is 0 Å². The van der Waals surface area contributed by atoms with Gasteiger partial charge in [-0.3, -0.25) is 0 Å². The number of hydrogen-bond acceptors (Lipinski definition) is 5. The van der Waals surface area contributed by atoms with Crippen LogP contribution in [0.15, 0.2) is 0 Å². The number of esters is 1. The van der Waals surface area contributed by atoms with Gasteiger partial charge in [0.05, 0.1) is 19.8 Å². The van der Waals surface area contributed by atoms with Crippen LogP contribution >= 0.6 is 0 Å². The molecule has 0 saturated carbocycles. The molecule has 5 heteroatoms. The summed E-state index contributed by atoms with van der Waals surface area (Å²) in [4.78, 5) is 11.5. The standard InChI is InChI=1S/C9H15NO4/c11-9(8-5-10-2-4-13-8)14-7-1-3-12-6-7/h7-8,10H,1-6H2. The van der Waals surface area contributed by atoms with Gasteiger partial charge in [0.25, 0.3) is 0 Å². The number of carbonyl (C=O) groups excluding carboxylic acids is 1. The van der Waals surface area contributed by atoms with E-state index in [1.54, 1.807) is 0 Å². The van der Waals surface area contributed by atoms with Gasteiger partial charge in [0, 0.05) is 19.5 Å². The molecule has 0 bridgehead atoms. The third-order valence-corrected chi connectivity index (χ3v) is 2.36. The summed E-state index contributed by atoms with van der Waals surface area (Å²) in [6, 6.07) is 0. The second-order valence-corrected chi connectivity index (χ2v) is 3.49. The molecule has 2 rings (SSSR count). The quantitative estimate of drug-likeness (QED) is 0.599. The molecular weight excluding hydrogens is 186 g/mol. The highest BCUT2D eigenvalue weighted by molar-refractivity contribution is 5.75. The first-order valence-corrected chi connectivity index (χ1v) is 4.97. The summed E-state index contributed by atoms with van der Waals surface area (Å²) in [6.07, 6.45) is 0.281. The smallest absolute Gasteiger partial charge is 0.336 e. The van der Waals surface area contributed by atoms with Crippen molar-refractivity contribution >= 4 is 5.97 Å². The second kappa shape index (κ2) is 4.72. The van der Waals surface area contributed by atoms with Crippen molar-refractivity contribution in [1.29, 1.82) is 0 Å². The molecule has 1 N–H and O–H groups in total. The van der Waals surface area contributed by atoms with Crippen LogP contribution in [0.4, 0.5) is 0 Å². The Kier molecular flexibility index (Phi) is 3.34. The van der Waals surface area contributed by atoms with Crippen molar-refractivity contribution in [2.75, 3.05) is 32.9 Å². The lowest BCUT2D eigenvalue weighted by molar-refractivity contribution is -0.164. The molecule has 2 saturated heterocycles. The van der Waals surface area contributed by atoms with Gasteiger partial charge in [-0.05, 0) is 0 Å². The van der Waals surface area contributed by atoms with Crippen LogP contribution in [-0.4, -0.2) is 51.1 Å². The van der Waals surface area contributed by atoms with Crippen LogP contribution in [0.3, 0.4) is 0 Å². The third-order valence-electron chi connectivity index (χ3n) is 2.36. The van der Waals surface area contributed by atoms with E-state index in [9.17, 15) is 4.79 Å². The number of carbonyl (C=O) groups is 1. The van der Waals surface area contributed by atoms with Crippen molar-refractivity contribution in [1.82, 2.24) is 5.32 Å². The predicted octanol–water partition coefficient (Wildman–Crippen LogP) is -0.693. The number of morpholine rings is 1. The lowest BCUT2D eigenvalue weighted by Crippen LogP contribution is -2.44. The van der Waals surface area contributed by atoms with E-state index in [1.807, 2.05) is 0 Å². The monoisotopic (exact) mass is 201 g/mol. The Bertz CT molecular complexity index is 197. The SMILES string of the molecule is O=C(OC1CCOC1)C1CNCCO1. The summed E-state index contributed by atoms with van der Waals surface area (Å²) >= 11 is 0. The first kappa shape index (κ1) is 9.89. The summed E-state index contributed by atoms with van der Waals surface area (Å²) in [5, 5.41) is 3.08. The fourth-order valence-corrected chi connectivity index (χ4v) is 1.56. The molecular formula is C9H15NO4. The highest BCUT2D eigenvalue weighted by atomic mass is 16.6. The number of ether oxygens (including phenoxy) is 3. The van der Waals surface area contributed by atoms with Gasteiger partial charge in [-0.15, -0.1) is 0 Å². The van der Waals surface area contributed by atoms with E-state index in [1.165, 1.54) is 0 Å². The van der Waals surface area contributed by atoms with Gasteiger partial charge in [0.1, 0.15) is 6.10 Å². The minimum Gasteiger partial charge on any atom is -0.458 e. The molecule has 0 radical (unpaired) electrons. The van der Waals surface area contributed by atoms with Crippen molar-refractivity contribution < 1.29 is 19.0 Å². The highest BCUT2D eigenvalue weighted by Gasteiger charge is 2.27. The van der Waals surface area contributed by atoms with Gasteiger partial charge in [-0.25, -0.2) is 4.79 Å². The van der Waals surface area contributed by atoms with Crippen LogP contribution in [-0.2, 0) is 19.0 Å². The topological polar surface area (TPSA) is 56.8 Å². The van der Waals surface area contributed by atoms with E-state index in [2.05, 4.69) is 5.32 Å². The first-order chi connectivity index (χ1) is 6.86. The molecule has 2 aliphatic rings. The van der Waals surface area contributed by atoms with Crippen LogP contribution in [0.1, 0.15) is 6.42 Å². The maximum absolute atomic E-state index is 11.5. The van der Waals surface area contributed by atoms with E-state index in [-0.39, 0.29) is 12.1 Å². The zero-order valence-electron chi connectivity index (χ0n) is 8.03. The lowest BCUT2D eigenvalue weighted by Gasteiger charge is -2.23. The summed E-state index contributed by atoms with van der Waals surface area (Å²) in [7, 11) is 0. The molecule has 80 valence electrons. The highest BCUT2D eigenvalue weighted by Crippen LogP contribution is 2.10. The van der Waals surface area contributed by atoms with Crippen molar-refractivity contribution in [3.8, 4) is 0 Å². The van der Waals surface area contributed by atoms with E-state index in [0.717, 1.165) is 13.0 Å². The minimum absolute atomic E-state index is 0.0759. The maximum atomic E-state index is 11.5. The second-order valence-electron chi connectivity index (χ2n) is 3.49. The van der Waals surface area contributed by atoms with Crippen molar-refractivity contribution in [2.45, 2.75) is 18.6 Å². The van der Waals surface area contributed by atoms with Gasteiger partial charge in [0.15, 0.2) is 6.10 Å². The first-order valence-electron chi connectivity index (χ1n) is 4.97. The van der Waals surface area contributed by atoms with Gasteiger partial charge >= 0.3 is 5.97 Å². The van der Waals surface area contributed by atoms with Crippen molar-refractivity contribution in [2.24, 2.45) is 0 Å². The molecule has 2 fully saturated rings. The van der Waals surface area contributed by atoms with Gasteiger partial charge in [-0.2, -0.15) is 0 Å². The number of hydrogen-bond donors (Lipinski definition) is 1. The fraction of sp³-hybridized carbons (Fsp3) is 0.889. The molecule has 0 aromatic carbocycles. The minimum atomic E-state index is -0.440.